The molecule has 0 saturated carbocycles. The van der Waals surface area contributed by atoms with E-state index >= 15 is 0 Å². The quantitative estimate of drug-likeness (QED) is 0.882. The first kappa shape index (κ1) is 15.3. The van der Waals surface area contributed by atoms with E-state index in [9.17, 15) is 4.79 Å². The molecule has 1 aromatic heterocycles. The van der Waals surface area contributed by atoms with Crippen molar-refractivity contribution < 1.29 is 4.74 Å². The molecule has 112 valence electrons. The number of aromatic nitrogens is 2. The third-order valence-electron chi connectivity index (χ3n) is 3.45. The second-order valence-corrected chi connectivity index (χ2v) is 4.86. The molecule has 0 bridgehead atoms. The van der Waals surface area contributed by atoms with Crippen LogP contribution in [0.25, 0.3) is 0 Å². The van der Waals surface area contributed by atoms with Crippen LogP contribution in [0.15, 0.2) is 41.6 Å². The van der Waals surface area contributed by atoms with Gasteiger partial charge in [0.2, 0.25) is 0 Å². The molecular formula is C16H21N3O2. The van der Waals surface area contributed by atoms with Gasteiger partial charge in [-0.05, 0) is 38.6 Å². The van der Waals surface area contributed by atoms with E-state index in [-0.39, 0.29) is 11.6 Å². The van der Waals surface area contributed by atoms with Crippen LogP contribution in [0.3, 0.4) is 0 Å². The standard InChI is InChI=1S/C16H21N3O2/c1-4-21-15-6-5-13(12(2)17-3)9-14(15)10-19-11-18-8-7-16(19)20/h5-9,11-12,17H,4,10H2,1-3H3. The fourth-order valence-corrected chi connectivity index (χ4v) is 2.14. The predicted molar refractivity (Wildman–Crippen MR) is 82.7 cm³/mol. The Balaban J connectivity index is 2.39. The molecule has 5 heteroatoms. The average Bonchev–Trinajstić information content (AvgIpc) is 2.50. The van der Waals surface area contributed by atoms with Gasteiger partial charge in [-0.15, -0.1) is 0 Å². The lowest BCUT2D eigenvalue weighted by Gasteiger charge is -2.16. The largest absolute Gasteiger partial charge is 0.494 e. The molecule has 1 aromatic carbocycles. The number of ether oxygens (including phenoxy) is 1. The van der Waals surface area contributed by atoms with E-state index in [0.717, 1.165) is 16.9 Å². The SMILES string of the molecule is CCOc1ccc(C(C)NC)cc1Cn1cnccc1=O. The van der Waals surface area contributed by atoms with E-state index in [1.807, 2.05) is 26.1 Å². The van der Waals surface area contributed by atoms with Gasteiger partial charge in [-0.1, -0.05) is 6.07 Å². The van der Waals surface area contributed by atoms with Crippen molar-refractivity contribution >= 4 is 0 Å². The molecule has 2 rings (SSSR count). The highest BCUT2D eigenvalue weighted by Gasteiger charge is 2.10. The molecule has 0 fully saturated rings. The van der Waals surface area contributed by atoms with E-state index in [1.165, 1.54) is 12.3 Å². The van der Waals surface area contributed by atoms with Crippen molar-refractivity contribution in [2.24, 2.45) is 0 Å². The number of hydrogen-bond acceptors (Lipinski definition) is 4. The van der Waals surface area contributed by atoms with Gasteiger partial charge in [-0.3, -0.25) is 9.36 Å². The molecule has 21 heavy (non-hydrogen) atoms. The number of rotatable bonds is 6. The maximum Gasteiger partial charge on any atom is 0.253 e. The van der Waals surface area contributed by atoms with E-state index in [0.29, 0.717) is 13.2 Å². The minimum absolute atomic E-state index is 0.0699. The van der Waals surface area contributed by atoms with Gasteiger partial charge in [0.05, 0.1) is 19.5 Å². The summed E-state index contributed by atoms with van der Waals surface area (Å²) in [5.41, 5.74) is 2.07. The Morgan fingerprint density at radius 1 is 1.38 bits per heavy atom. The highest BCUT2D eigenvalue weighted by atomic mass is 16.5. The Morgan fingerprint density at radius 2 is 2.19 bits per heavy atom. The summed E-state index contributed by atoms with van der Waals surface area (Å²) >= 11 is 0. The Labute approximate surface area is 124 Å². The minimum atomic E-state index is -0.0699. The number of benzene rings is 1. The third-order valence-corrected chi connectivity index (χ3v) is 3.45. The zero-order chi connectivity index (χ0) is 15.2. The van der Waals surface area contributed by atoms with Crippen LogP contribution in [-0.4, -0.2) is 23.2 Å². The Hall–Kier alpha value is -2.14. The van der Waals surface area contributed by atoms with Crippen molar-refractivity contribution in [3.05, 3.63) is 58.3 Å². The molecule has 1 unspecified atom stereocenters. The molecule has 0 aliphatic heterocycles. The number of nitrogens with zero attached hydrogens (tertiary/aromatic N) is 2. The summed E-state index contributed by atoms with van der Waals surface area (Å²) < 4.78 is 7.24. The molecule has 1 heterocycles. The monoisotopic (exact) mass is 287 g/mol. The number of nitrogens with one attached hydrogen (secondary N) is 1. The lowest BCUT2D eigenvalue weighted by atomic mass is 10.0. The summed E-state index contributed by atoms with van der Waals surface area (Å²) in [7, 11) is 1.92. The zero-order valence-corrected chi connectivity index (χ0v) is 12.7. The van der Waals surface area contributed by atoms with Gasteiger partial charge in [0.25, 0.3) is 5.56 Å². The second kappa shape index (κ2) is 7.04. The van der Waals surface area contributed by atoms with E-state index < -0.39 is 0 Å². The van der Waals surface area contributed by atoms with E-state index in [1.54, 1.807) is 10.9 Å². The smallest absolute Gasteiger partial charge is 0.253 e. The lowest BCUT2D eigenvalue weighted by Crippen LogP contribution is -2.20. The van der Waals surface area contributed by atoms with Gasteiger partial charge in [0.15, 0.2) is 0 Å². The molecule has 0 aliphatic carbocycles. The van der Waals surface area contributed by atoms with Gasteiger partial charge in [-0.25, -0.2) is 4.98 Å². The molecule has 0 amide bonds. The summed E-state index contributed by atoms with van der Waals surface area (Å²) in [4.78, 5) is 15.8. The van der Waals surface area contributed by atoms with Crippen LogP contribution in [0.2, 0.25) is 0 Å². The zero-order valence-electron chi connectivity index (χ0n) is 12.7. The van der Waals surface area contributed by atoms with Crippen molar-refractivity contribution in [2.45, 2.75) is 26.4 Å². The van der Waals surface area contributed by atoms with Crippen molar-refractivity contribution in [1.82, 2.24) is 14.9 Å². The first-order chi connectivity index (χ1) is 10.2. The molecular weight excluding hydrogens is 266 g/mol. The second-order valence-electron chi connectivity index (χ2n) is 4.86. The predicted octanol–water partition coefficient (Wildman–Crippen LogP) is 1.97. The molecule has 1 N–H and O–H groups in total. The molecule has 0 aliphatic rings. The molecule has 0 radical (unpaired) electrons. The highest BCUT2D eigenvalue weighted by Crippen LogP contribution is 2.24. The maximum absolute atomic E-state index is 11.8. The summed E-state index contributed by atoms with van der Waals surface area (Å²) in [6, 6.07) is 7.78. The minimum Gasteiger partial charge on any atom is -0.494 e. The van der Waals surface area contributed by atoms with Gasteiger partial charge in [-0.2, -0.15) is 0 Å². The average molecular weight is 287 g/mol. The van der Waals surface area contributed by atoms with Crippen LogP contribution < -0.4 is 15.6 Å². The van der Waals surface area contributed by atoms with Crippen molar-refractivity contribution in [3.8, 4) is 5.75 Å². The Kier molecular flexibility index (Phi) is 5.11. The number of hydrogen-bond donors (Lipinski definition) is 1. The van der Waals surface area contributed by atoms with Crippen LogP contribution in [0.1, 0.15) is 31.0 Å². The van der Waals surface area contributed by atoms with Crippen LogP contribution in [0, 0.1) is 0 Å². The van der Waals surface area contributed by atoms with Crippen molar-refractivity contribution in [2.75, 3.05) is 13.7 Å². The molecule has 1 atom stereocenters. The van der Waals surface area contributed by atoms with Gasteiger partial charge in [0, 0.05) is 23.9 Å². The summed E-state index contributed by atoms with van der Waals surface area (Å²) in [5, 5.41) is 3.21. The fraction of sp³-hybridized carbons (Fsp3) is 0.375. The third kappa shape index (κ3) is 3.70. The Morgan fingerprint density at radius 3 is 2.86 bits per heavy atom. The topological polar surface area (TPSA) is 56.1 Å². The normalized spacial score (nSPS) is 12.1. The maximum atomic E-state index is 11.8. The van der Waals surface area contributed by atoms with Crippen LogP contribution in [0.5, 0.6) is 5.75 Å². The molecule has 5 nitrogen and oxygen atoms in total. The summed E-state index contributed by atoms with van der Waals surface area (Å²) in [5.74, 6) is 0.806. The van der Waals surface area contributed by atoms with Gasteiger partial charge < -0.3 is 10.1 Å². The highest BCUT2D eigenvalue weighted by molar-refractivity contribution is 5.38. The van der Waals surface area contributed by atoms with Crippen LogP contribution >= 0.6 is 0 Å². The van der Waals surface area contributed by atoms with E-state index in [4.69, 9.17) is 4.74 Å². The Bertz CT molecular complexity index is 652. The first-order valence-electron chi connectivity index (χ1n) is 7.09. The van der Waals surface area contributed by atoms with Crippen LogP contribution in [-0.2, 0) is 6.54 Å². The fourth-order valence-electron chi connectivity index (χ4n) is 2.14. The van der Waals surface area contributed by atoms with Crippen molar-refractivity contribution in [1.29, 1.82) is 0 Å². The van der Waals surface area contributed by atoms with Gasteiger partial charge in [0.1, 0.15) is 5.75 Å². The summed E-state index contributed by atoms with van der Waals surface area (Å²) in [6.45, 7) is 5.09. The molecule has 0 saturated heterocycles. The van der Waals surface area contributed by atoms with Gasteiger partial charge >= 0.3 is 0 Å². The van der Waals surface area contributed by atoms with E-state index in [2.05, 4.69) is 23.3 Å². The summed E-state index contributed by atoms with van der Waals surface area (Å²) in [6.07, 6.45) is 3.05. The molecule has 0 spiro atoms. The lowest BCUT2D eigenvalue weighted by molar-refractivity contribution is 0.335. The van der Waals surface area contributed by atoms with Crippen molar-refractivity contribution in [3.63, 3.8) is 0 Å². The molecule has 2 aromatic rings. The first-order valence-corrected chi connectivity index (χ1v) is 7.09. The van der Waals surface area contributed by atoms with Crippen LogP contribution in [0.4, 0.5) is 0 Å².